The van der Waals surface area contributed by atoms with Crippen LogP contribution in [0.3, 0.4) is 0 Å². The van der Waals surface area contributed by atoms with E-state index in [9.17, 15) is 8.42 Å². The summed E-state index contributed by atoms with van der Waals surface area (Å²) in [6, 6.07) is 15.8. The Morgan fingerprint density at radius 3 is 2.17 bits per heavy atom. The second-order valence-electron chi connectivity index (χ2n) is 5.18. The Bertz CT molecular complexity index is 732. The van der Waals surface area contributed by atoms with E-state index in [1.54, 1.807) is 37.3 Å². The van der Waals surface area contributed by atoms with Crippen LogP contribution in [0.25, 0.3) is 0 Å². The highest BCUT2D eigenvalue weighted by molar-refractivity contribution is 7.92. The zero-order valence-corrected chi connectivity index (χ0v) is 14.8. The lowest BCUT2D eigenvalue weighted by molar-refractivity contribution is 0.275. The first-order valence-corrected chi connectivity index (χ1v) is 9.47. The molecule has 24 heavy (non-hydrogen) atoms. The van der Waals surface area contributed by atoms with Crippen LogP contribution in [0.1, 0.15) is 13.8 Å². The van der Waals surface area contributed by atoms with Crippen molar-refractivity contribution in [2.45, 2.75) is 24.1 Å². The van der Waals surface area contributed by atoms with E-state index in [4.69, 9.17) is 9.47 Å². The van der Waals surface area contributed by atoms with E-state index in [1.807, 2.05) is 31.2 Å². The van der Waals surface area contributed by atoms with Crippen molar-refractivity contribution in [3.05, 3.63) is 54.6 Å². The van der Waals surface area contributed by atoms with Crippen molar-refractivity contribution in [2.24, 2.45) is 0 Å². The molecule has 130 valence electrons. The van der Waals surface area contributed by atoms with Gasteiger partial charge in [0.25, 0.3) is 0 Å². The maximum atomic E-state index is 12.4. The van der Waals surface area contributed by atoms with Gasteiger partial charge in [-0.3, -0.25) is 5.32 Å². The Labute approximate surface area is 143 Å². The smallest absolute Gasteiger partial charge is 0.193 e. The second-order valence-corrected chi connectivity index (χ2v) is 7.45. The molecular formula is C18H23NO4S. The van der Waals surface area contributed by atoms with Crippen molar-refractivity contribution in [3.63, 3.8) is 0 Å². The summed E-state index contributed by atoms with van der Waals surface area (Å²) < 4.78 is 36.0. The van der Waals surface area contributed by atoms with Gasteiger partial charge in [0.05, 0.1) is 11.5 Å². The van der Waals surface area contributed by atoms with Gasteiger partial charge in [-0.1, -0.05) is 30.3 Å². The highest BCUT2D eigenvalue weighted by Gasteiger charge is 2.22. The van der Waals surface area contributed by atoms with Gasteiger partial charge in [-0.05, 0) is 38.1 Å². The number of ether oxygens (including phenoxy) is 2. The Morgan fingerprint density at radius 2 is 1.54 bits per heavy atom. The molecule has 1 N–H and O–H groups in total. The van der Waals surface area contributed by atoms with Gasteiger partial charge >= 0.3 is 0 Å². The minimum absolute atomic E-state index is 0.313. The van der Waals surface area contributed by atoms with Crippen LogP contribution in [-0.2, 0) is 9.84 Å². The SMILES string of the molecule is CCOc1ccccc1OCCNC(C)S(=O)(=O)c1ccccc1. The highest BCUT2D eigenvalue weighted by Crippen LogP contribution is 2.26. The van der Waals surface area contributed by atoms with Gasteiger partial charge < -0.3 is 9.47 Å². The Kier molecular flexibility index (Phi) is 6.63. The van der Waals surface area contributed by atoms with Crippen LogP contribution in [-0.4, -0.2) is 33.6 Å². The molecule has 2 aromatic rings. The quantitative estimate of drug-likeness (QED) is 0.705. The van der Waals surface area contributed by atoms with E-state index >= 15 is 0 Å². The molecule has 0 fully saturated rings. The largest absolute Gasteiger partial charge is 0.490 e. The van der Waals surface area contributed by atoms with E-state index in [0.717, 1.165) is 0 Å². The van der Waals surface area contributed by atoms with E-state index in [0.29, 0.717) is 36.2 Å². The van der Waals surface area contributed by atoms with Crippen LogP contribution < -0.4 is 14.8 Å². The van der Waals surface area contributed by atoms with E-state index < -0.39 is 15.2 Å². The summed E-state index contributed by atoms with van der Waals surface area (Å²) >= 11 is 0. The standard InChI is InChI=1S/C18H23NO4S/c1-3-22-17-11-7-8-12-18(17)23-14-13-19-15(2)24(20,21)16-9-5-4-6-10-16/h4-12,15,19H,3,13-14H2,1-2H3. The van der Waals surface area contributed by atoms with E-state index in [-0.39, 0.29) is 0 Å². The number of sulfone groups is 1. The third-order valence-corrected chi connectivity index (χ3v) is 5.50. The lowest BCUT2D eigenvalue weighted by Gasteiger charge is -2.16. The molecule has 2 aromatic carbocycles. The average molecular weight is 349 g/mol. The average Bonchev–Trinajstić information content (AvgIpc) is 2.60. The number of rotatable bonds is 9. The van der Waals surface area contributed by atoms with Crippen LogP contribution in [0.15, 0.2) is 59.5 Å². The monoisotopic (exact) mass is 349 g/mol. The van der Waals surface area contributed by atoms with Gasteiger partial charge in [-0.25, -0.2) is 8.42 Å². The van der Waals surface area contributed by atoms with Crippen molar-refractivity contribution in [1.29, 1.82) is 0 Å². The summed E-state index contributed by atoms with van der Waals surface area (Å²) in [7, 11) is -3.39. The number of benzene rings is 2. The molecule has 0 amide bonds. The van der Waals surface area contributed by atoms with Crippen LogP contribution in [0.5, 0.6) is 11.5 Å². The van der Waals surface area contributed by atoms with Crippen LogP contribution in [0.4, 0.5) is 0 Å². The van der Waals surface area contributed by atoms with E-state index in [1.165, 1.54) is 0 Å². The van der Waals surface area contributed by atoms with Gasteiger partial charge in [-0.15, -0.1) is 0 Å². The molecule has 2 rings (SSSR count). The topological polar surface area (TPSA) is 64.6 Å². The molecule has 0 saturated heterocycles. The Balaban J connectivity index is 1.86. The molecule has 5 nitrogen and oxygen atoms in total. The molecule has 0 aliphatic carbocycles. The molecule has 1 atom stereocenters. The second kappa shape index (κ2) is 8.70. The minimum atomic E-state index is -3.39. The highest BCUT2D eigenvalue weighted by atomic mass is 32.2. The van der Waals surface area contributed by atoms with Gasteiger partial charge in [-0.2, -0.15) is 0 Å². The lowest BCUT2D eigenvalue weighted by atomic mass is 10.3. The van der Waals surface area contributed by atoms with Crippen molar-refractivity contribution in [3.8, 4) is 11.5 Å². The molecule has 0 radical (unpaired) electrons. The van der Waals surface area contributed by atoms with Crippen molar-refractivity contribution in [1.82, 2.24) is 5.32 Å². The van der Waals surface area contributed by atoms with Crippen LogP contribution in [0.2, 0.25) is 0 Å². The van der Waals surface area contributed by atoms with Gasteiger partial charge in [0.1, 0.15) is 12.0 Å². The third-order valence-electron chi connectivity index (χ3n) is 3.48. The molecule has 0 spiro atoms. The fraction of sp³-hybridized carbons (Fsp3) is 0.333. The molecule has 1 unspecified atom stereocenters. The zero-order valence-electron chi connectivity index (χ0n) is 13.9. The number of nitrogens with one attached hydrogen (secondary N) is 1. The normalized spacial score (nSPS) is 12.6. The summed E-state index contributed by atoms with van der Waals surface area (Å²) in [5, 5.41) is 2.30. The van der Waals surface area contributed by atoms with Gasteiger partial charge in [0, 0.05) is 6.54 Å². The predicted molar refractivity (Wildman–Crippen MR) is 94.2 cm³/mol. The predicted octanol–water partition coefficient (Wildman–Crippen LogP) is 2.87. The molecule has 0 saturated carbocycles. The third kappa shape index (κ3) is 4.72. The van der Waals surface area contributed by atoms with Crippen LogP contribution >= 0.6 is 0 Å². The summed E-state index contributed by atoms with van der Waals surface area (Å²) in [4.78, 5) is 0.313. The van der Waals surface area contributed by atoms with Crippen molar-refractivity contribution < 1.29 is 17.9 Å². The summed E-state index contributed by atoms with van der Waals surface area (Å²) in [6.07, 6.45) is 0. The fourth-order valence-electron chi connectivity index (χ4n) is 2.19. The molecule has 6 heteroatoms. The fourth-order valence-corrected chi connectivity index (χ4v) is 3.47. The van der Waals surface area contributed by atoms with Gasteiger partial charge in [0.2, 0.25) is 0 Å². The molecular weight excluding hydrogens is 326 g/mol. The summed E-state index contributed by atoms with van der Waals surface area (Å²) in [6.45, 7) is 4.86. The van der Waals surface area contributed by atoms with E-state index in [2.05, 4.69) is 5.32 Å². The molecule has 0 bridgehead atoms. The number of hydrogen-bond donors (Lipinski definition) is 1. The van der Waals surface area contributed by atoms with Crippen LogP contribution in [0, 0.1) is 0 Å². The molecule has 0 aliphatic heterocycles. The first-order valence-electron chi connectivity index (χ1n) is 7.92. The maximum absolute atomic E-state index is 12.4. The summed E-state index contributed by atoms with van der Waals surface area (Å²) in [5.41, 5.74) is 0. The Morgan fingerprint density at radius 1 is 0.958 bits per heavy atom. The maximum Gasteiger partial charge on any atom is 0.193 e. The minimum Gasteiger partial charge on any atom is -0.490 e. The molecule has 0 aliphatic rings. The molecule has 0 heterocycles. The summed E-state index contributed by atoms with van der Waals surface area (Å²) in [5.74, 6) is 1.34. The first kappa shape index (κ1) is 18.3. The number of para-hydroxylation sites is 2. The lowest BCUT2D eigenvalue weighted by Crippen LogP contribution is -2.36. The van der Waals surface area contributed by atoms with Crippen molar-refractivity contribution >= 4 is 9.84 Å². The number of hydrogen-bond acceptors (Lipinski definition) is 5. The molecule has 0 aromatic heterocycles. The first-order chi connectivity index (χ1) is 11.6. The Hall–Kier alpha value is -2.05. The zero-order chi connectivity index (χ0) is 17.4. The van der Waals surface area contributed by atoms with Gasteiger partial charge in [0.15, 0.2) is 21.3 Å². The van der Waals surface area contributed by atoms with Crippen molar-refractivity contribution in [2.75, 3.05) is 19.8 Å².